The molecule has 112 valence electrons. The van der Waals surface area contributed by atoms with Crippen LogP contribution in [0, 0.1) is 11.3 Å². The molecule has 1 aromatic carbocycles. The van der Waals surface area contributed by atoms with Crippen LogP contribution in [0.15, 0.2) is 24.3 Å². The second kappa shape index (κ2) is 7.29. The first kappa shape index (κ1) is 16.5. The third-order valence-corrected chi connectivity index (χ3v) is 2.23. The van der Waals surface area contributed by atoms with Crippen LogP contribution in [0.1, 0.15) is 26.3 Å². The molecule has 0 fully saturated rings. The van der Waals surface area contributed by atoms with Gasteiger partial charge in [0.05, 0.1) is 5.56 Å². The average molecular weight is 290 g/mol. The van der Waals surface area contributed by atoms with Gasteiger partial charge in [0, 0.05) is 5.54 Å². The molecule has 0 saturated carbocycles. The van der Waals surface area contributed by atoms with E-state index < -0.39 is 5.97 Å². The van der Waals surface area contributed by atoms with Crippen molar-refractivity contribution in [1.29, 1.82) is 5.26 Å². The first-order valence-electron chi connectivity index (χ1n) is 6.40. The fourth-order valence-electron chi connectivity index (χ4n) is 1.46. The molecule has 0 aromatic heterocycles. The number of esters is 1. The summed E-state index contributed by atoms with van der Waals surface area (Å²) in [5.41, 5.74) is -0.0538. The highest BCUT2D eigenvalue weighted by atomic mass is 16.6. The van der Waals surface area contributed by atoms with Gasteiger partial charge in [-0.1, -0.05) is 12.1 Å². The molecule has 0 aliphatic rings. The van der Waals surface area contributed by atoms with Crippen LogP contribution >= 0.6 is 0 Å². The number of para-hydroxylation sites is 1. The molecular weight excluding hydrogens is 272 g/mol. The Morgan fingerprint density at radius 2 is 1.90 bits per heavy atom. The molecule has 21 heavy (non-hydrogen) atoms. The number of carbonyl (C=O) groups is 2. The van der Waals surface area contributed by atoms with Gasteiger partial charge in [-0.15, -0.1) is 0 Å². The summed E-state index contributed by atoms with van der Waals surface area (Å²) < 4.78 is 9.98. The number of amides is 1. The molecule has 0 bridgehead atoms. The van der Waals surface area contributed by atoms with Gasteiger partial charge in [0.15, 0.2) is 13.2 Å². The zero-order chi connectivity index (χ0) is 15.9. The van der Waals surface area contributed by atoms with Gasteiger partial charge in [-0.3, -0.25) is 4.79 Å². The van der Waals surface area contributed by atoms with E-state index in [-0.39, 0.29) is 24.7 Å². The van der Waals surface area contributed by atoms with Crippen molar-refractivity contribution < 1.29 is 19.1 Å². The largest absolute Gasteiger partial charge is 0.481 e. The van der Waals surface area contributed by atoms with E-state index in [1.807, 2.05) is 26.8 Å². The van der Waals surface area contributed by atoms with E-state index in [0.717, 1.165) is 0 Å². The van der Waals surface area contributed by atoms with Crippen LogP contribution in [0.25, 0.3) is 0 Å². The third-order valence-electron chi connectivity index (χ3n) is 2.23. The number of nitrogens with zero attached hydrogens (tertiary/aromatic N) is 1. The lowest BCUT2D eigenvalue weighted by Gasteiger charge is -2.20. The van der Waals surface area contributed by atoms with Gasteiger partial charge in [-0.2, -0.15) is 5.26 Å². The minimum Gasteiger partial charge on any atom is -0.481 e. The fourth-order valence-corrected chi connectivity index (χ4v) is 1.46. The Morgan fingerprint density at radius 3 is 2.52 bits per heavy atom. The van der Waals surface area contributed by atoms with Crippen molar-refractivity contribution in [3.05, 3.63) is 29.8 Å². The highest BCUT2D eigenvalue weighted by Gasteiger charge is 2.15. The monoisotopic (exact) mass is 290 g/mol. The van der Waals surface area contributed by atoms with Crippen molar-refractivity contribution in [1.82, 2.24) is 5.32 Å². The van der Waals surface area contributed by atoms with Crippen molar-refractivity contribution in [2.75, 3.05) is 13.2 Å². The minimum absolute atomic E-state index is 0.302. The zero-order valence-electron chi connectivity index (χ0n) is 12.3. The second-order valence-electron chi connectivity index (χ2n) is 5.36. The summed E-state index contributed by atoms with van der Waals surface area (Å²) in [4.78, 5) is 22.9. The van der Waals surface area contributed by atoms with E-state index in [4.69, 9.17) is 14.7 Å². The maximum atomic E-state index is 11.5. The summed E-state index contributed by atoms with van der Waals surface area (Å²) in [7, 11) is 0. The Balaban J connectivity index is 2.38. The molecule has 1 aromatic rings. The van der Waals surface area contributed by atoms with Gasteiger partial charge < -0.3 is 14.8 Å². The lowest BCUT2D eigenvalue weighted by Crippen LogP contribution is -2.43. The van der Waals surface area contributed by atoms with Gasteiger partial charge in [0.1, 0.15) is 11.8 Å². The number of benzene rings is 1. The first-order chi connectivity index (χ1) is 9.81. The maximum absolute atomic E-state index is 11.5. The summed E-state index contributed by atoms with van der Waals surface area (Å²) >= 11 is 0. The summed E-state index contributed by atoms with van der Waals surface area (Å²) in [6.45, 7) is 4.76. The van der Waals surface area contributed by atoms with Crippen LogP contribution in [0.2, 0.25) is 0 Å². The van der Waals surface area contributed by atoms with Crippen molar-refractivity contribution in [3.63, 3.8) is 0 Å². The molecule has 0 aliphatic heterocycles. The Kier molecular flexibility index (Phi) is 5.73. The molecule has 0 atom stereocenters. The number of hydrogen-bond acceptors (Lipinski definition) is 5. The Bertz CT molecular complexity index is 556. The van der Waals surface area contributed by atoms with Crippen LogP contribution in [0.5, 0.6) is 5.75 Å². The number of hydrogen-bond donors (Lipinski definition) is 1. The maximum Gasteiger partial charge on any atom is 0.344 e. The fraction of sp³-hybridized carbons (Fsp3) is 0.400. The van der Waals surface area contributed by atoms with Gasteiger partial charge in [-0.05, 0) is 32.9 Å². The number of ether oxygens (including phenoxy) is 2. The van der Waals surface area contributed by atoms with E-state index in [9.17, 15) is 9.59 Å². The molecule has 0 unspecified atom stereocenters. The van der Waals surface area contributed by atoms with Crippen molar-refractivity contribution in [2.45, 2.75) is 26.3 Å². The topological polar surface area (TPSA) is 88.4 Å². The van der Waals surface area contributed by atoms with Crippen LogP contribution in [0.4, 0.5) is 0 Å². The SMILES string of the molecule is CC(C)(C)NC(=O)COC(=O)COc1ccccc1C#N. The second-order valence-corrected chi connectivity index (χ2v) is 5.36. The Labute approximate surface area is 123 Å². The normalized spacial score (nSPS) is 10.4. The van der Waals surface area contributed by atoms with E-state index in [2.05, 4.69) is 5.32 Å². The van der Waals surface area contributed by atoms with E-state index in [0.29, 0.717) is 11.3 Å². The minimum atomic E-state index is -0.674. The average Bonchev–Trinajstić information content (AvgIpc) is 2.41. The summed E-state index contributed by atoms with van der Waals surface area (Å²) in [5, 5.41) is 11.5. The molecule has 0 saturated heterocycles. The number of nitrogens with one attached hydrogen (secondary N) is 1. The lowest BCUT2D eigenvalue weighted by molar-refractivity contribution is -0.150. The van der Waals surface area contributed by atoms with Gasteiger partial charge in [-0.25, -0.2) is 4.79 Å². The van der Waals surface area contributed by atoms with Gasteiger partial charge in [0.25, 0.3) is 5.91 Å². The third kappa shape index (κ3) is 6.43. The predicted molar refractivity (Wildman–Crippen MR) is 75.5 cm³/mol. The molecule has 1 N–H and O–H groups in total. The smallest absolute Gasteiger partial charge is 0.344 e. The van der Waals surface area contributed by atoms with Crippen molar-refractivity contribution >= 4 is 11.9 Å². The number of nitriles is 1. The highest BCUT2D eigenvalue weighted by Crippen LogP contribution is 2.16. The molecular formula is C15H18N2O4. The molecule has 0 radical (unpaired) electrons. The van der Waals surface area contributed by atoms with Gasteiger partial charge in [0.2, 0.25) is 0 Å². The summed E-state index contributed by atoms with van der Waals surface area (Å²) in [6.07, 6.45) is 0. The molecule has 0 heterocycles. The number of carbonyl (C=O) groups excluding carboxylic acids is 2. The lowest BCUT2D eigenvalue weighted by atomic mass is 10.1. The molecule has 1 rings (SSSR count). The summed E-state index contributed by atoms with van der Waals surface area (Å²) in [6, 6.07) is 8.50. The van der Waals surface area contributed by atoms with Crippen LogP contribution in [-0.2, 0) is 14.3 Å². The van der Waals surface area contributed by atoms with E-state index >= 15 is 0 Å². The van der Waals surface area contributed by atoms with Crippen LogP contribution in [-0.4, -0.2) is 30.6 Å². The van der Waals surface area contributed by atoms with Crippen LogP contribution < -0.4 is 10.1 Å². The molecule has 1 amide bonds. The molecule has 6 heteroatoms. The Morgan fingerprint density at radius 1 is 1.24 bits per heavy atom. The molecule has 0 spiro atoms. The standard InChI is InChI=1S/C15H18N2O4/c1-15(2,3)17-13(18)9-21-14(19)10-20-12-7-5-4-6-11(12)8-16/h4-7H,9-10H2,1-3H3,(H,17,18). The molecule has 0 aliphatic carbocycles. The van der Waals surface area contributed by atoms with Gasteiger partial charge >= 0.3 is 5.97 Å². The van der Waals surface area contributed by atoms with E-state index in [1.165, 1.54) is 0 Å². The van der Waals surface area contributed by atoms with E-state index in [1.54, 1.807) is 24.3 Å². The van der Waals surface area contributed by atoms with Crippen LogP contribution in [0.3, 0.4) is 0 Å². The quantitative estimate of drug-likeness (QED) is 0.828. The summed E-state index contributed by atoms with van der Waals surface area (Å²) in [5.74, 6) is -0.754. The van der Waals surface area contributed by atoms with Crippen molar-refractivity contribution in [2.24, 2.45) is 0 Å². The first-order valence-corrected chi connectivity index (χ1v) is 6.40. The number of rotatable bonds is 5. The van der Waals surface area contributed by atoms with Crippen molar-refractivity contribution in [3.8, 4) is 11.8 Å². The predicted octanol–water partition coefficient (Wildman–Crippen LogP) is 1.39. The zero-order valence-corrected chi connectivity index (χ0v) is 12.3. The highest BCUT2D eigenvalue weighted by molar-refractivity contribution is 5.81. The Hall–Kier alpha value is -2.55. The molecule has 6 nitrogen and oxygen atoms in total.